The standard InChI is InChI=1S/C15H23N3O4/c1-10-5-6-11(8-13(10)18(20)21)7-12(9-16)17-14(19)22-15(2,3)4/h5-6,8,12H,7,9,16H2,1-4H3,(H,17,19). The molecule has 0 radical (unpaired) electrons. The van der Waals surface area contributed by atoms with Crippen molar-refractivity contribution in [3.63, 3.8) is 0 Å². The van der Waals surface area contributed by atoms with E-state index in [1.54, 1.807) is 39.8 Å². The van der Waals surface area contributed by atoms with E-state index in [-0.39, 0.29) is 18.3 Å². The van der Waals surface area contributed by atoms with Crippen molar-refractivity contribution in [2.45, 2.75) is 45.8 Å². The summed E-state index contributed by atoms with van der Waals surface area (Å²) in [7, 11) is 0. The van der Waals surface area contributed by atoms with Gasteiger partial charge in [0.25, 0.3) is 5.69 Å². The van der Waals surface area contributed by atoms with Gasteiger partial charge in [0.2, 0.25) is 0 Å². The first-order chi connectivity index (χ1) is 10.1. The highest BCUT2D eigenvalue weighted by atomic mass is 16.6. The summed E-state index contributed by atoms with van der Waals surface area (Å²) in [6, 6.07) is 4.64. The molecule has 0 aliphatic heterocycles. The minimum atomic E-state index is -0.591. The molecule has 0 fully saturated rings. The van der Waals surface area contributed by atoms with Crippen LogP contribution in [0.15, 0.2) is 18.2 Å². The number of nitro benzene ring substituents is 1. The summed E-state index contributed by atoms with van der Waals surface area (Å²) in [5, 5.41) is 13.6. The molecule has 1 aromatic rings. The monoisotopic (exact) mass is 309 g/mol. The van der Waals surface area contributed by atoms with Crippen LogP contribution >= 0.6 is 0 Å². The summed E-state index contributed by atoms with van der Waals surface area (Å²) in [5.74, 6) is 0. The largest absolute Gasteiger partial charge is 0.444 e. The lowest BCUT2D eigenvalue weighted by Crippen LogP contribution is -2.44. The number of nitrogens with one attached hydrogen (secondary N) is 1. The number of hydrogen-bond donors (Lipinski definition) is 2. The highest BCUT2D eigenvalue weighted by Gasteiger charge is 2.20. The zero-order valence-corrected chi connectivity index (χ0v) is 13.4. The number of aryl methyl sites for hydroxylation is 1. The minimum absolute atomic E-state index is 0.0607. The van der Waals surface area contributed by atoms with Crippen LogP contribution < -0.4 is 11.1 Å². The molecule has 0 aromatic heterocycles. The molecule has 0 bridgehead atoms. The first-order valence-electron chi connectivity index (χ1n) is 7.06. The van der Waals surface area contributed by atoms with Crippen LogP contribution in [0.4, 0.5) is 10.5 Å². The quantitative estimate of drug-likeness (QED) is 0.641. The zero-order chi connectivity index (χ0) is 16.9. The lowest BCUT2D eigenvalue weighted by molar-refractivity contribution is -0.385. The Hall–Kier alpha value is -2.15. The van der Waals surface area contributed by atoms with Crippen molar-refractivity contribution in [3.05, 3.63) is 39.4 Å². The molecule has 22 heavy (non-hydrogen) atoms. The smallest absolute Gasteiger partial charge is 0.407 e. The Labute approximate surface area is 130 Å². The number of hydrogen-bond acceptors (Lipinski definition) is 5. The van der Waals surface area contributed by atoms with Gasteiger partial charge in [-0.1, -0.05) is 12.1 Å². The topological polar surface area (TPSA) is 107 Å². The molecule has 1 unspecified atom stereocenters. The Kier molecular flexibility index (Phi) is 5.87. The predicted octanol–water partition coefficient (Wildman–Crippen LogP) is 2.30. The first kappa shape index (κ1) is 17.9. The van der Waals surface area contributed by atoms with Gasteiger partial charge < -0.3 is 15.8 Å². The molecule has 7 nitrogen and oxygen atoms in total. The average Bonchev–Trinajstić information content (AvgIpc) is 2.37. The fraction of sp³-hybridized carbons (Fsp3) is 0.533. The normalized spacial score (nSPS) is 12.6. The molecule has 1 aromatic carbocycles. The van der Waals surface area contributed by atoms with Crippen LogP contribution in [0.2, 0.25) is 0 Å². The number of amides is 1. The average molecular weight is 309 g/mol. The van der Waals surface area contributed by atoms with E-state index in [0.29, 0.717) is 12.0 Å². The number of carbonyl (C=O) groups is 1. The second-order valence-corrected chi connectivity index (χ2v) is 6.16. The van der Waals surface area contributed by atoms with Crippen LogP contribution in [-0.2, 0) is 11.2 Å². The molecule has 0 saturated carbocycles. The molecule has 0 spiro atoms. The summed E-state index contributed by atoms with van der Waals surface area (Å²) in [5.41, 5.74) is 6.46. The summed E-state index contributed by atoms with van der Waals surface area (Å²) in [6.45, 7) is 7.20. The molecular weight excluding hydrogens is 286 g/mol. The number of nitro groups is 1. The van der Waals surface area contributed by atoms with E-state index in [9.17, 15) is 14.9 Å². The SMILES string of the molecule is Cc1ccc(CC(CN)NC(=O)OC(C)(C)C)cc1[N+](=O)[O-]. The molecule has 3 N–H and O–H groups in total. The Bertz CT molecular complexity index is 552. The maximum absolute atomic E-state index is 11.8. The number of nitrogens with two attached hydrogens (primary N) is 1. The zero-order valence-electron chi connectivity index (χ0n) is 13.4. The number of nitrogens with zero attached hydrogens (tertiary/aromatic N) is 1. The molecule has 1 atom stereocenters. The van der Waals surface area contributed by atoms with Gasteiger partial charge in [0.15, 0.2) is 0 Å². The fourth-order valence-electron chi connectivity index (χ4n) is 1.93. The molecular formula is C15H23N3O4. The minimum Gasteiger partial charge on any atom is -0.444 e. The second kappa shape index (κ2) is 7.22. The van der Waals surface area contributed by atoms with Gasteiger partial charge in [-0.25, -0.2) is 4.79 Å². The van der Waals surface area contributed by atoms with Gasteiger partial charge in [-0.2, -0.15) is 0 Å². The Balaban J connectivity index is 2.76. The van der Waals surface area contributed by atoms with Crippen LogP contribution in [0.1, 0.15) is 31.9 Å². The predicted molar refractivity (Wildman–Crippen MR) is 83.7 cm³/mol. The third kappa shape index (κ3) is 5.69. The van der Waals surface area contributed by atoms with E-state index < -0.39 is 16.6 Å². The van der Waals surface area contributed by atoms with Crippen LogP contribution in [0.3, 0.4) is 0 Å². The number of benzene rings is 1. The first-order valence-corrected chi connectivity index (χ1v) is 7.06. The number of carbonyl (C=O) groups excluding carboxylic acids is 1. The van der Waals surface area contributed by atoms with Gasteiger partial charge in [0, 0.05) is 24.2 Å². The van der Waals surface area contributed by atoms with Gasteiger partial charge in [-0.05, 0) is 39.7 Å². The van der Waals surface area contributed by atoms with Crippen molar-refractivity contribution in [1.82, 2.24) is 5.32 Å². The summed E-state index contributed by atoms with van der Waals surface area (Å²) in [6.07, 6.45) is -0.152. The maximum Gasteiger partial charge on any atom is 0.407 e. The molecule has 0 heterocycles. The van der Waals surface area contributed by atoms with Gasteiger partial charge in [-0.3, -0.25) is 10.1 Å². The van der Waals surface area contributed by atoms with Crippen molar-refractivity contribution in [2.24, 2.45) is 5.73 Å². The fourth-order valence-corrected chi connectivity index (χ4v) is 1.93. The van der Waals surface area contributed by atoms with Crippen molar-refractivity contribution < 1.29 is 14.5 Å². The Morgan fingerprint density at radius 3 is 2.59 bits per heavy atom. The van der Waals surface area contributed by atoms with Crippen molar-refractivity contribution in [1.29, 1.82) is 0 Å². The molecule has 1 rings (SSSR count). The van der Waals surface area contributed by atoms with Crippen molar-refractivity contribution in [2.75, 3.05) is 6.54 Å². The van der Waals surface area contributed by atoms with Crippen LogP contribution in [0.5, 0.6) is 0 Å². The van der Waals surface area contributed by atoms with Gasteiger partial charge in [-0.15, -0.1) is 0 Å². The number of alkyl carbamates (subject to hydrolysis) is 1. The summed E-state index contributed by atoms with van der Waals surface area (Å²) >= 11 is 0. The Morgan fingerprint density at radius 1 is 1.45 bits per heavy atom. The third-order valence-electron chi connectivity index (χ3n) is 2.96. The van der Waals surface area contributed by atoms with Gasteiger partial charge >= 0.3 is 6.09 Å². The lowest BCUT2D eigenvalue weighted by Gasteiger charge is -2.23. The van der Waals surface area contributed by atoms with E-state index in [1.165, 1.54) is 6.07 Å². The third-order valence-corrected chi connectivity index (χ3v) is 2.96. The molecule has 7 heteroatoms. The number of rotatable bonds is 5. The lowest BCUT2D eigenvalue weighted by atomic mass is 10.0. The van der Waals surface area contributed by atoms with E-state index in [2.05, 4.69) is 5.32 Å². The number of ether oxygens (including phenoxy) is 1. The maximum atomic E-state index is 11.8. The molecule has 0 saturated heterocycles. The molecule has 0 aliphatic rings. The molecule has 122 valence electrons. The highest BCUT2D eigenvalue weighted by molar-refractivity contribution is 5.68. The van der Waals surface area contributed by atoms with E-state index in [4.69, 9.17) is 10.5 Å². The second-order valence-electron chi connectivity index (χ2n) is 6.16. The van der Waals surface area contributed by atoms with Crippen LogP contribution in [-0.4, -0.2) is 29.2 Å². The highest BCUT2D eigenvalue weighted by Crippen LogP contribution is 2.20. The van der Waals surface area contributed by atoms with Crippen LogP contribution in [0, 0.1) is 17.0 Å². The van der Waals surface area contributed by atoms with Gasteiger partial charge in [0.05, 0.1) is 4.92 Å². The molecule has 1 amide bonds. The van der Waals surface area contributed by atoms with E-state index in [0.717, 1.165) is 5.56 Å². The van der Waals surface area contributed by atoms with E-state index in [1.807, 2.05) is 0 Å². The Morgan fingerprint density at radius 2 is 2.09 bits per heavy atom. The molecule has 0 aliphatic carbocycles. The van der Waals surface area contributed by atoms with Crippen LogP contribution in [0.25, 0.3) is 0 Å². The van der Waals surface area contributed by atoms with Crippen molar-refractivity contribution in [3.8, 4) is 0 Å². The van der Waals surface area contributed by atoms with Gasteiger partial charge in [0.1, 0.15) is 5.60 Å². The van der Waals surface area contributed by atoms with E-state index >= 15 is 0 Å². The summed E-state index contributed by atoms with van der Waals surface area (Å²) < 4.78 is 5.17. The summed E-state index contributed by atoms with van der Waals surface area (Å²) in [4.78, 5) is 22.3. The van der Waals surface area contributed by atoms with Crippen molar-refractivity contribution >= 4 is 11.8 Å².